The van der Waals surface area contributed by atoms with E-state index < -0.39 is 0 Å². The average molecular weight is 225 g/mol. The molecule has 0 aliphatic carbocycles. The lowest BCUT2D eigenvalue weighted by Crippen LogP contribution is -2.50. The molecule has 2 saturated heterocycles. The number of hydrogen-bond acceptors (Lipinski definition) is 2. The Hall–Kier alpha value is -0.770. The maximum absolute atomic E-state index is 12.0. The van der Waals surface area contributed by atoms with E-state index in [1.807, 2.05) is 4.90 Å². The van der Waals surface area contributed by atoms with Gasteiger partial charge in [0.2, 0.25) is 0 Å². The second-order valence-corrected chi connectivity index (χ2v) is 5.17. The molecule has 16 heavy (non-hydrogen) atoms. The van der Waals surface area contributed by atoms with Crippen LogP contribution in [0.15, 0.2) is 0 Å². The van der Waals surface area contributed by atoms with E-state index in [0.717, 1.165) is 45.4 Å². The third kappa shape index (κ3) is 3.11. The minimum absolute atomic E-state index is 0.151. The van der Waals surface area contributed by atoms with E-state index in [-0.39, 0.29) is 6.03 Å². The molecule has 0 aromatic carbocycles. The molecule has 2 N–H and O–H groups in total. The van der Waals surface area contributed by atoms with E-state index in [0.29, 0.717) is 12.0 Å². The highest BCUT2D eigenvalue weighted by Gasteiger charge is 2.23. The zero-order valence-electron chi connectivity index (χ0n) is 10.2. The van der Waals surface area contributed by atoms with Gasteiger partial charge in [-0.05, 0) is 44.7 Å². The number of nitrogens with zero attached hydrogens (tertiary/aromatic N) is 1. The molecule has 0 aromatic heterocycles. The van der Waals surface area contributed by atoms with Gasteiger partial charge in [-0.1, -0.05) is 6.92 Å². The SMILES string of the molecule is CC1CCCN(C(=O)NC2CCNCC2)C1. The number of likely N-dealkylation sites (tertiary alicyclic amines) is 1. The second kappa shape index (κ2) is 5.53. The van der Waals surface area contributed by atoms with Crippen molar-refractivity contribution in [2.45, 2.75) is 38.6 Å². The van der Waals surface area contributed by atoms with Crippen molar-refractivity contribution in [3.05, 3.63) is 0 Å². The highest BCUT2D eigenvalue weighted by molar-refractivity contribution is 5.74. The predicted octanol–water partition coefficient (Wildman–Crippen LogP) is 1.18. The van der Waals surface area contributed by atoms with Crippen molar-refractivity contribution >= 4 is 6.03 Å². The maximum atomic E-state index is 12.0. The number of rotatable bonds is 1. The molecule has 2 heterocycles. The van der Waals surface area contributed by atoms with Crippen molar-refractivity contribution in [3.63, 3.8) is 0 Å². The van der Waals surface area contributed by atoms with Gasteiger partial charge in [0.05, 0.1) is 0 Å². The minimum Gasteiger partial charge on any atom is -0.335 e. The lowest BCUT2D eigenvalue weighted by molar-refractivity contribution is 0.164. The van der Waals surface area contributed by atoms with Crippen LogP contribution in [0.25, 0.3) is 0 Å². The number of amides is 2. The Labute approximate surface area is 97.8 Å². The summed E-state index contributed by atoms with van der Waals surface area (Å²) in [5, 5.41) is 6.47. The molecule has 4 nitrogen and oxygen atoms in total. The van der Waals surface area contributed by atoms with Crippen molar-refractivity contribution in [1.82, 2.24) is 15.5 Å². The molecule has 1 unspecified atom stereocenters. The van der Waals surface area contributed by atoms with Gasteiger partial charge in [0.15, 0.2) is 0 Å². The molecule has 0 radical (unpaired) electrons. The zero-order valence-corrected chi connectivity index (χ0v) is 10.2. The van der Waals surface area contributed by atoms with Crippen molar-refractivity contribution in [3.8, 4) is 0 Å². The van der Waals surface area contributed by atoms with Gasteiger partial charge >= 0.3 is 6.03 Å². The third-order valence-electron chi connectivity index (χ3n) is 3.61. The number of nitrogens with one attached hydrogen (secondary N) is 2. The van der Waals surface area contributed by atoms with Crippen LogP contribution in [0.1, 0.15) is 32.6 Å². The summed E-state index contributed by atoms with van der Waals surface area (Å²) in [4.78, 5) is 14.0. The Morgan fingerprint density at radius 1 is 1.31 bits per heavy atom. The van der Waals surface area contributed by atoms with Crippen LogP contribution in [-0.4, -0.2) is 43.2 Å². The Kier molecular flexibility index (Phi) is 4.04. The minimum atomic E-state index is 0.151. The summed E-state index contributed by atoms with van der Waals surface area (Å²) in [6.45, 7) is 6.14. The van der Waals surface area contributed by atoms with Crippen LogP contribution < -0.4 is 10.6 Å². The van der Waals surface area contributed by atoms with E-state index >= 15 is 0 Å². The van der Waals surface area contributed by atoms with Crippen LogP contribution in [0.3, 0.4) is 0 Å². The quantitative estimate of drug-likeness (QED) is 0.704. The van der Waals surface area contributed by atoms with Gasteiger partial charge in [-0.2, -0.15) is 0 Å². The first-order valence-corrected chi connectivity index (χ1v) is 6.52. The summed E-state index contributed by atoms with van der Waals surface area (Å²) in [6.07, 6.45) is 4.54. The molecular formula is C12H23N3O. The maximum Gasteiger partial charge on any atom is 0.317 e. The fourth-order valence-corrected chi connectivity index (χ4v) is 2.61. The summed E-state index contributed by atoms with van der Waals surface area (Å²) in [5.74, 6) is 0.660. The fraction of sp³-hybridized carbons (Fsp3) is 0.917. The van der Waals surface area contributed by atoms with E-state index in [1.165, 1.54) is 6.42 Å². The molecule has 0 spiro atoms. The Morgan fingerprint density at radius 2 is 2.06 bits per heavy atom. The van der Waals surface area contributed by atoms with Gasteiger partial charge in [0.1, 0.15) is 0 Å². The molecule has 2 aliphatic rings. The Morgan fingerprint density at radius 3 is 2.75 bits per heavy atom. The molecule has 4 heteroatoms. The van der Waals surface area contributed by atoms with Crippen molar-refractivity contribution in [2.75, 3.05) is 26.2 Å². The molecule has 0 aromatic rings. The average Bonchev–Trinajstić information content (AvgIpc) is 2.30. The van der Waals surface area contributed by atoms with Crippen molar-refractivity contribution < 1.29 is 4.79 Å². The summed E-state index contributed by atoms with van der Waals surface area (Å²) in [5.41, 5.74) is 0. The number of urea groups is 1. The fourth-order valence-electron chi connectivity index (χ4n) is 2.61. The standard InChI is InChI=1S/C12H23N3O/c1-10-3-2-8-15(9-10)12(16)14-11-4-6-13-7-5-11/h10-11,13H,2-9H2,1H3,(H,14,16). The zero-order chi connectivity index (χ0) is 11.4. The summed E-state index contributed by atoms with van der Waals surface area (Å²) < 4.78 is 0. The Bertz CT molecular complexity index is 238. The number of carbonyl (C=O) groups is 1. The lowest BCUT2D eigenvalue weighted by atomic mass is 10.0. The van der Waals surface area contributed by atoms with Gasteiger partial charge < -0.3 is 15.5 Å². The molecular weight excluding hydrogens is 202 g/mol. The molecule has 2 rings (SSSR count). The van der Waals surface area contributed by atoms with Gasteiger partial charge in [0.25, 0.3) is 0 Å². The summed E-state index contributed by atoms with van der Waals surface area (Å²) in [7, 11) is 0. The van der Waals surface area contributed by atoms with E-state index in [2.05, 4.69) is 17.6 Å². The van der Waals surface area contributed by atoms with Gasteiger partial charge in [0, 0.05) is 19.1 Å². The third-order valence-corrected chi connectivity index (χ3v) is 3.61. The smallest absolute Gasteiger partial charge is 0.317 e. The largest absolute Gasteiger partial charge is 0.335 e. The normalized spacial score (nSPS) is 27.8. The van der Waals surface area contributed by atoms with E-state index in [9.17, 15) is 4.79 Å². The van der Waals surface area contributed by atoms with Gasteiger partial charge in [-0.15, -0.1) is 0 Å². The van der Waals surface area contributed by atoms with Crippen LogP contribution in [0.4, 0.5) is 4.79 Å². The van der Waals surface area contributed by atoms with Crippen LogP contribution >= 0.6 is 0 Å². The van der Waals surface area contributed by atoms with Crippen LogP contribution in [0.2, 0.25) is 0 Å². The summed E-state index contributed by atoms with van der Waals surface area (Å²) in [6, 6.07) is 0.532. The molecule has 0 saturated carbocycles. The molecule has 2 amide bonds. The second-order valence-electron chi connectivity index (χ2n) is 5.17. The van der Waals surface area contributed by atoms with Crippen LogP contribution in [-0.2, 0) is 0 Å². The number of piperidine rings is 2. The Balaban J connectivity index is 1.77. The lowest BCUT2D eigenvalue weighted by Gasteiger charge is -2.33. The highest BCUT2D eigenvalue weighted by atomic mass is 16.2. The molecule has 92 valence electrons. The monoisotopic (exact) mass is 225 g/mol. The first-order valence-electron chi connectivity index (χ1n) is 6.52. The van der Waals surface area contributed by atoms with Gasteiger partial charge in [-0.3, -0.25) is 0 Å². The van der Waals surface area contributed by atoms with E-state index in [1.54, 1.807) is 0 Å². The van der Waals surface area contributed by atoms with Crippen molar-refractivity contribution in [1.29, 1.82) is 0 Å². The van der Waals surface area contributed by atoms with Gasteiger partial charge in [-0.25, -0.2) is 4.79 Å². The molecule has 0 bridgehead atoms. The van der Waals surface area contributed by atoms with Crippen LogP contribution in [0.5, 0.6) is 0 Å². The first-order chi connectivity index (χ1) is 7.75. The number of hydrogen-bond donors (Lipinski definition) is 2. The molecule has 1 atom stereocenters. The van der Waals surface area contributed by atoms with Crippen molar-refractivity contribution in [2.24, 2.45) is 5.92 Å². The predicted molar refractivity (Wildman–Crippen MR) is 64.4 cm³/mol. The van der Waals surface area contributed by atoms with E-state index in [4.69, 9.17) is 0 Å². The topological polar surface area (TPSA) is 44.4 Å². The number of carbonyl (C=O) groups excluding carboxylic acids is 1. The first kappa shape index (κ1) is 11.7. The summed E-state index contributed by atoms with van der Waals surface area (Å²) >= 11 is 0. The highest BCUT2D eigenvalue weighted by Crippen LogP contribution is 2.15. The molecule has 2 aliphatic heterocycles. The molecule has 2 fully saturated rings. The van der Waals surface area contributed by atoms with Crippen LogP contribution in [0, 0.1) is 5.92 Å².